The highest BCUT2D eigenvalue weighted by Crippen LogP contribution is 2.29. The van der Waals surface area contributed by atoms with Crippen LogP contribution >= 0.6 is 23.2 Å². The van der Waals surface area contributed by atoms with E-state index in [2.05, 4.69) is 15.2 Å². The van der Waals surface area contributed by atoms with Gasteiger partial charge in [0.15, 0.2) is 0 Å². The first kappa shape index (κ1) is 13.6. The van der Waals surface area contributed by atoms with Crippen LogP contribution in [0.15, 0.2) is 18.5 Å². The Morgan fingerprint density at radius 3 is 2.58 bits per heavy atom. The fourth-order valence-corrected chi connectivity index (χ4v) is 2.02. The maximum Gasteiger partial charge on any atom is 0.254 e. The van der Waals surface area contributed by atoms with Crippen molar-refractivity contribution in [2.45, 2.75) is 6.54 Å². The van der Waals surface area contributed by atoms with Crippen molar-refractivity contribution in [3.05, 3.63) is 39.9 Å². The van der Waals surface area contributed by atoms with E-state index < -0.39 is 0 Å². The summed E-state index contributed by atoms with van der Waals surface area (Å²) < 4.78 is 0. The number of nitrogens with two attached hydrogens (primary N) is 1. The van der Waals surface area contributed by atoms with Crippen LogP contribution in [0.1, 0.15) is 16.2 Å². The Hall–Kier alpha value is -1.79. The van der Waals surface area contributed by atoms with Crippen molar-refractivity contribution in [2.75, 3.05) is 12.8 Å². The number of hydrogen-bond acceptors (Lipinski definition) is 4. The predicted molar refractivity (Wildman–Crippen MR) is 73.1 cm³/mol. The fourth-order valence-electron chi connectivity index (χ4n) is 1.53. The zero-order chi connectivity index (χ0) is 14.0. The fraction of sp³-hybridized carbons (Fsp3) is 0.182. The van der Waals surface area contributed by atoms with Crippen LogP contribution in [-0.2, 0) is 6.54 Å². The molecule has 1 heterocycles. The van der Waals surface area contributed by atoms with Crippen molar-refractivity contribution in [3.63, 3.8) is 0 Å². The number of H-pyrrole nitrogens is 1. The van der Waals surface area contributed by atoms with E-state index in [-0.39, 0.29) is 21.6 Å². The summed E-state index contributed by atoms with van der Waals surface area (Å²) in [5.41, 5.74) is 6.25. The number of halogens is 2. The maximum atomic E-state index is 12.2. The van der Waals surface area contributed by atoms with E-state index in [0.29, 0.717) is 17.9 Å². The first-order valence-electron chi connectivity index (χ1n) is 5.33. The predicted octanol–water partition coefficient (Wildman–Crippen LogP) is 1.97. The van der Waals surface area contributed by atoms with Gasteiger partial charge in [-0.25, -0.2) is 4.98 Å². The first-order chi connectivity index (χ1) is 8.99. The lowest BCUT2D eigenvalue weighted by Crippen LogP contribution is -2.26. The third-order valence-corrected chi connectivity index (χ3v) is 3.15. The largest absolute Gasteiger partial charge is 0.396 e. The molecule has 0 unspecified atom stereocenters. The van der Waals surface area contributed by atoms with E-state index in [1.807, 2.05) is 0 Å². The number of nitrogen functional groups attached to an aromatic ring is 1. The second-order valence-corrected chi connectivity index (χ2v) is 4.76. The number of benzene rings is 1. The molecule has 0 aliphatic rings. The standard InChI is InChI=1S/C11H11Cl2N5O/c1-18(4-9-15-5-16-17-9)11(19)6-2-7(12)10(14)8(13)3-6/h2-3,5H,4,14H2,1H3,(H,15,16,17). The molecule has 2 aromatic rings. The molecule has 1 aromatic heterocycles. The number of nitrogens with one attached hydrogen (secondary N) is 1. The molecule has 1 amide bonds. The highest BCUT2D eigenvalue weighted by molar-refractivity contribution is 6.39. The van der Waals surface area contributed by atoms with E-state index in [9.17, 15) is 4.79 Å². The molecular formula is C11H11Cl2N5O. The summed E-state index contributed by atoms with van der Waals surface area (Å²) >= 11 is 11.8. The number of nitrogens with zero attached hydrogens (tertiary/aromatic N) is 3. The third-order valence-electron chi connectivity index (χ3n) is 2.52. The number of carbonyl (C=O) groups excluding carboxylic acids is 1. The van der Waals surface area contributed by atoms with Crippen LogP contribution in [0.2, 0.25) is 10.0 Å². The normalized spacial score (nSPS) is 10.5. The molecule has 0 atom stereocenters. The van der Waals surface area contributed by atoms with Gasteiger partial charge in [-0.1, -0.05) is 23.2 Å². The van der Waals surface area contributed by atoms with E-state index in [1.165, 1.54) is 23.4 Å². The van der Waals surface area contributed by atoms with Crippen LogP contribution in [0.4, 0.5) is 5.69 Å². The number of hydrogen-bond donors (Lipinski definition) is 2. The summed E-state index contributed by atoms with van der Waals surface area (Å²) in [7, 11) is 1.64. The average Bonchev–Trinajstić information content (AvgIpc) is 2.87. The minimum Gasteiger partial charge on any atom is -0.396 e. The van der Waals surface area contributed by atoms with Crippen molar-refractivity contribution in [2.24, 2.45) is 0 Å². The second kappa shape index (κ2) is 5.46. The highest BCUT2D eigenvalue weighted by Gasteiger charge is 2.16. The van der Waals surface area contributed by atoms with Gasteiger partial charge in [-0.3, -0.25) is 9.89 Å². The molecule has 19 heavy (non-hydrogen) atoms. The Labute approximate surface area is 119 Å². The Morgan fingerprint density at radius 1 is 1.42 bits per heavy atom. The quantitative estimate of drug-likeness (QED) is 0.848. The van der Waals surface area contributed by atoms with E-state index in [4.69, 9.17) is 28.9 Å². The monoisotopic (exact) mass is 299 g/mol. The van der Waals surface area contributed by atoms with Crippen molar-refractivity contribution in [3.8, 4) is 0 Å². The van der Waals surface area contributed by atoms with Crippen LogP contribution in [0.25, 0.3) is 0 Å². The number of rotatable bonds is 3. The van der Waals surface area contributed by atoms with Gasteiger partial charge >= 0.3 is 0 Å². The Morgan fingerprint density at radius 2 is 2.05 bits per heavy atom. The van der Waals surface area contributed by atoms with Crippen molar-refractivity contribution in [1.29, 1.82) is 0 Å². The summed E-state index contributed by atoms with van der Waals surface area (Å²) in [6.07, 6.45) is 1.38. The van der Waals surface area contributed by atoms with Crippen molar-refractivity contribution in [1.82, 2.24) is 20.1 Å². The molecule has 0 saturated heterocycles. The number of aromatic nitrogens is 3. The summed E-state index contributed by atoms with van der Waals surface area (Å²) in [6, 6.07) is 2.98. The Balaban J connectivity index is 2.19. The van der Waals surface area contributed by atoms with Gasteiger partial charge < -0.3 is 10.6 Å². The third kappa shape index (κ3) is 2.97. The maximum absolute atomic E-state index is 12.2. The van der Waals surface area contributed by atoms with Crippen LogP contribution in [0.5, 0.6) is 0 Å². The zero-order valence-electron chi connectivity index (χ0n) is 10.0. The molecule has 0 bridgehead atoms. The molecule has 0 fully saturated rings. The molecule has 2 rings (SSSR count). The first-order valence-corrected chi connectivity index (χ1v) is 6.09. The number of aromatic amines is 1. The van der Waals surface area contributed by atoms with Gasteiger partial charge in [0.25, 0.3) is 5.91 Å². The topological polar surface area (TPSA) is 87.9 Å². The van der Waals surface area contributed by atoms with Gasteiger partial charge in [-0.05, 0) is 12.1 Å². The summed E-state index contributed by atoms with van der Waals surface area (Å²) in [6.45, 7) is 0.304. The molecule has 6 nitrogen and oxygen atoms in total. The average molecular weight is 300 g/mol. The van der Waals surface area contributed by atoms with Gasteiger partial charge in [0.05, 0.1) is 22.3 Å². The number of amides is 1. The summed E-state index contributed by atoms with van der Waals surface area (Å²) in [4.78, 5) is 17.6. The molecule has 0 aliphatic heterocycles. The lowest BCUT2D eigenvalue weighted by atomic mass is 10.2. The van der Waals surface area contributed by atoms with Gasteiger partial charge in [-0.2, -0.15) is 5.10 Å². The Kier molecular flexibility index (Phi) is 3.92. The molecule has 8 heteroatoms. The zero-order valence-corrected chi connectivity index (χ0v) is 11.5. The minimum atomic E-state index is -0.236. The van der Waals surface area contributed by atoms with Crippen molar-refractivity contribution < 1.29 is 4.79 Å². The number of carbonyl (C=O) groups is 1. The Bertz CT molecular complexity index is 576. The lowest BCUT2D eigenvalue weighted by molar-refractivity contribution is 0.0781. The van der Waals surface area contributed by atoms with Crippen LogP contribution in [0.3, 0.4) is 0 Å². The van der Waals surface area contributed by atoms with Gasteiger partial charge in [-0.15, -0.1) is 0 Å². The molecule has 3 N–H and O–H groups in total. The SMILES string of the molecule is CN(Cc1ncn[nH]1)C(=O)c1cc(Cl)c(N)c(Cl)c1. The van der Waals surface area contributed by atoms with Gasteiger partial charge in [0.1, 0.15) is 12.2 Å². The van der Waals surface area contributed by atoms with Gasteiger partial charge in [0, 0.05) is 12.6 Å². The van der Waals surface area contributed by atoms with Crippen LogP contribution in [0, 0.1) is 0 Å². The van der Waals surface area contributed by atoms with Crippen LogP contribution < -0.4 is 5.73 Å². The molecule has 0 radical (unpaired) electrons. The molecule has 0 spiro atoms. The van der Waals surface area contributed by atoms with E-state index >= 15 is 0 Å². The van der Waals surface area contributed by atoms with Gasteiger partial charge in [0.2, 0.25) is 0 Å². The molecule has 1 aromatic carbocycles. The molecular weight excluding hydrogens is 289 g/mol. The summed E-state index contributed by atoms with van der Waals surface area (Å²) in [5.74, 6) is 0.351. The smallest absolute Gasteiger partial charge is 0.254 e. The minimum absolute atomic E-state index is 0.236. The lowest BCUT2D eigenvalue weighted by Gasteiger charge is -2.16. The second-order valence-electron chi connectivity index (χ2n) is 3.95. The summed E-state index contributed by atoms with van der Waals surface area (Å²) in [5, 5.41) is 6.90. The molecule has 0 saturated carbocycles. The molecule has 100 valence electrons. The van der Waals surface area contributed by atoms with Crippen molar-refractivity contribution >= 4 is 34.8 Å². The van der Waals surface area contributed by atoms with E-state index in [1.54, 1.807) is 7.05 Å². The highest BCUT2D eigenvalue weighted by atomic mass is 35.5. The van der Waals surface area contributed by atoms with Crippen LogP contribution in [-0.4, -0.2) is 33.0 Å². The van der Waals surface area contributed by atoms with E-state index in [0.717, 1.165) is 0 Å². The number of anilines is 1. The molecule has 0 aliphatic carbocycles.